The smallest absolute Gasteiger partial charge is 0.0504 e. The van der Waals surface area contributed by atoms with Crippen LogP contribution in [0.4, 0.5) is 0 Å². The zero-order valence-electron chi connectivity index (χ0n) is 4.20. The van der Waals surface area contributed by atoms with E-state index < -0.39 is 0 Å². The molecule has 0 N–H and O–H groups in total. The maximum Gasteiger partial charge on any atom is 0.0504 e. The van der Waals surface area contributed by atoms with E-state index in [1.165, 1.54) is 0 Å². The van der Waals surface area contributed by atoms with Crippen LogP contribution in [0.3, 0.4) is 0 Å². The average molecular weight is 192 g/mol. The van der Waals surface area contributed by atoms with Gasteiger partial charge < -0.3 is 0 Å². The molecule has 0 aromatic rings. The van der Waals surface area contributed by atoms with Gasteiger partial charge in [0, 0.05) is 4.48 Å². The summed E-state index contributed by atoms with van der Waals surface area (Å²) in [6, 6.07) is 0. The van der Waals surface area contributed by atoms with Gasteiger partial charge in [0.15, 0.2) is 0 Å². The summed E-state index contributed by atoms with van der Waals surface area (Å²) in [6.45, 7) is 0. The van der Waals surface area contributed by atoms with Crippen LogP contribution >= 0.6 is 27.5 Å². The van der Waals surface area contributed by atoms with E-state index in [4.69, 9.17) is 11.6 Å². The van der Waals surface area contributed by atoms with Gasteiger partial charge in [-0.3, -0.25) is 0 Å². The molecule has 8 heavy (non-hydrogen) atoms. The molecule has 0 unspecified atom stereocenters. The molecule has 1 aliphatic carbocycles. The topological polar surface area (TPSA) is 0 Å². The molecule has 1 rings (SSSR count). The van der Waals surface area contributed by atoms with Gasteiger partial charge in [0.1, 0.15) is 0 Å². The molecule has 43 valence electrons. The maximum absolute atomic E-state index is 5.69. The van der Waals surface area contributed by atoms with Crippen LogP contribution in [0.2, 0.25) is 0 Å². The summed E-state index contributed by atoms with van der Waals surface area (Å²) in [4.78, 5) is 0. The Balaban J connectivity index is 2.76. The lowest BCUT2D eigenvalue weighted by atomic mass is 10.2. The molecule has 0 bridgehead atoms. The third kappa shape index (κ3) is 1.36. The molecule has 0 heterocycles. The highest BCUT2D eigenvalue weighted by Crippen LogP contribution is 2.25. The third-order valence-corrected chi connectivity index (χ3v) is 2.27. The fourth-order valence-corrected chi connectivity index (χ4v) is 0.981. The van der Waals surface area contributed by atoms with Crippen LogP contribution < -0.4 is 0 Å². The molecule has 0 aromatic heterocycles. The number of halogens is 2. The summed E-state index contributed by atoms with van der Waals surface area (Å²) < 4.78 is 1.07. The molecule has 0 aliphatic heterocycles. The van der Waals surface area contributed by atoms with Crippen molar-refractivity contribution in [2.45, 2.75) is 6.42 Å². The Morgan fingerprint density at radius 3 is 2.75 bits per heavy atom. The molecule has 2 heteroatoms. The second-order valence-corrected chi connectivity index (χ2v) is 2.92. The van der Waals surface area contributed by atoms with Crippen molar-refractivity contribution in [2.24, 2.45) is 0 Å². The van der Waals surface area contributed by atoms with Crippen molar-refractivity contribution >= 4 is 27.5 Å². The van der Waals surface area contributed by atoms with Gasteiger partial charge in [0.05, 0.1) is 5.03 Å². The van der Waals surface area contributed by atoms with E-state index in [0.717, 1.165) is 15.9 Å². The number of hydrogen-bond acceptors (Lipinski definition) is 0. The Kier molecular flexibility index (Phi) is 2.15. The van der Waals surface area contributed by atoms with Crippen molar-refractivity contribution in [2.75, 3.05) is 0 Å². The molecule has 0 amide bonds. The molecule has 0 nitrogen and oxygen atoms in total. The van der Waals surface area contributed by atoms with Crippen LogP contribution in [0.25, 0.3) is 0 Å². The first-order valence-corrected chi connectivity index (χ1v) is 3.52. The van der Waals surface area contributed by atoms with Gasteiger partial charge in [0.25, 0.3) is 0 Å². The van der Waals surface area contributed by atoms with Crippen LogP contribution in [0.5, 0.6) is 0 Å². The molecule has 1 radical (unpaired) electrons. The normalized spacial score (nSPS) is 19.8. The van der Waals surface area contributed by atoms with Crippen LogP contribution in [-0.4, -0.2) is 0 Å². The first kappa shape index (κ1) is 6.37. The van der Waals surface area contributed by atoms with Crippen molar-refractivity contribution < 1.29 is 0 Å². The molecule has 0 atom stereocenters. The molecule has 0 saturated carbocycles. The van der Waals surface area contributed by atoms with E-state index in [2.05, 4.69) is 22.4 Å². The number of allylic oxidation sites excluding steroid dienone is 4. The molecule has 0 fully saturated rings. The van der Waals surface area contributed by atoms with Gasteiger partial charge >= 0.3 is 0 Å². The first-order valence-electron chi connectivity index (χ1n) is 2.35. The van der Waals surface area contributed by atoms with Gasteiger partial charge in [-0.05, 0) is 18.9 Å². The molecular formula is C6H5BrCl. The standard InChI is InChI=1S/C6H5BrCl/c7-5-3-1-2-4-6(5)8/h1-2,4H,3H2. The minimum Gasteiger partial charge on any atom is -0.0835 e. The lowest BCUT2D eigenvalue weighted by Crippen LogP contribution is -1.81. The summed E-state index contributed by atoms with van der Waals surface area (Å²) in [5.41, 5.74) is 0. The van der Waals surface area contributed by atoms with Gasteiger partial charge in [0.2, 0.25) is 0 Å². The predicted molar refractivity (Wildman–Crippen MR) is 39.9 cm³/mol. The minimum atomic E-state index is 0.813. The Hall–Kier alpha value is 0.250. The van der Waals surface area contributed by atoms with Crippen LogP contribution in [0.15, 0.2) is 21.7 Å². The van der Waals surface area contributed by atoms with E-state index in [0.29, 0.717) is 0 Å². The second kappa shape index (κ2) is 2.70. The zero-order chi connectivity index (χ0) is 5.98. The summed E-state index contributed by atoms with van der Waals surface area (Å²) >= 11 is 9.01. The summed E-state index contributed by atoms with van der Waals surface area (Å²) in [5.74, 6) is 0. The van der Waals surface area contributed by atoms with Crippen molar-refractivity contribution in [3.05, 3.63) is 28.1 Å². The van der Waals surface area contributed by atoms with E-state index in [1.54, 1.807) is 0 Å². The second-order valence-electron chi connectivity index (χ2n) is 1.55. The number of hydrogen-bond donors (Lipinski definition) is 0. The first-order chi connectivity index (χ1) is 3.80. The number of rotatable bonds is 0. The molecule has 0 aromatic carbocycles. The molecule has 1 aliphatic rings. The van der Waals surface area contributed by atoms with Crippen molar-refractivity contribution in [3.8, 4) is 0 Å². The van der Waals surface area contributed by atoms with E-state index in [1.807, 2.05) is 12.2 Å². The summed E-state index contributed by atoms with van der Waals surface area (Å²) in [5, 5.41) is 0.813. The van der Waals surface area contributed by atoms with E-state index in [9.17, 15) is 0 Å². The predicted octanol–water partition coefficient (Wildman–Crippen LogP) is 3.00. The van der Waals surface area contributed by atoms with Crippen molar-refractivity contribution in [3.63, 3.8) is 0 Å². The Bertz CT molecular complexity index is 147. The summed E-state index contributed by atoms with van der Waals surface area (Å²) in [6.07, 6.45) is 6.80. The van der Waals surface area contributed by atoms with E-state index >= 15 is 0 Å². The Labute approximate surface area is 62.3 Å². The average Bonchev–Trinajstić information content (AvgIpc) is 1.77. The van der Waals surface area contributed by atoms with Gasteiger partial charge in [-0.1, -0.05) is 33.6 Å². The highest BCUT2D eigenvalue weighted by Gasteiger charge is 2.00. The van der Waals surface area contributed by atoms with E-state index in [-0.39, 0.29) is 0 Å². The fourth-order valence-electron chi connectivity index (χ4n) is 0.512. The van der Waals surface area contributed by atoms with Gasteiger partial charge in [-0.2, -0.15) is 0 Å². The van der Waals surface area contributed by atoms with Gasteiger partial charge in [-0.15, -0.1) is 0 Å². The van der Waals surface area contributed by atoms with Crippen LogP contribution in [0.1, 0.15) is 6.42 Å². The Morgan fingerprint density at radius 1 is 1.62 bits per heavy atom. The quantitative estimate of drug-likeness (QED) is 0.553. The summed E-state index contributed by atoms with van der Waals surface area (Å²) in [7, 11) is 0. The third-order valence-electron chi connectivity index (χ3n) is 0.935. The van der Waals surface area contributed by atoms with Crippen LogP contribution in [0, 0.1) is 6.42 Å². The van der Waals surface area contributed by atoms with Crippen molar-refractivity contribution in [1.82, 2.24) is 0 Å². The highest BCUT2D eigenvalue weighted by molar-refractivity contribution is 9.11. The lowest BCUT2D eigenvalue weighted by Gasteiger charge is -2.01. The SMILES string of the molecule is ClC1=C(Br)C[CH]C=C1. The van der Waals surface area contributed by atoms with Gasteiger partial charge in [-0.25, -0.2) is 0 Å². The minimum absolute atomic E-state index is 0.813. The maximum atomic E-state index is 5.69. The lowest BCUT2D eigenvalue weighted by molar-refractivity contribution is 1.24. The fraction of sp³-hybridized carbons (Fsp3) is 0.167. The molecular weight excluding hydrogens is 187 g/mol. The monoisotopic (exact) mass is 191 g/mol. The highest BCUT2D eigenvalue weighted by atomic mass is 79.9. The van der Waals surface area contributed by atoms with Crippen LogP contribution in [-0.2, 0) is 0 Å². The molecule has 0 spiro atoms. The Morgan fingerprint density at radius 2 is 2.38 bits per heavy atom. The largest absolute Gasteiger partial charge is 0.0835 e. The van der Waals surface area contributed by atoms with Crippen molar-refractivity contribution in [1.29, 1.82) is 0 Å². The molecule has 0 saturated heterocycles. The zero-order valence-corrected chi connectivity index (χ0v) is 6.54.